The Morgan fingerprint density at radius 1 is 1.30 bits per heavy atom. The minimum atomic E-state index is -4.42. The highest BCUT2D eigenvalue weighted by Gasteiger charge is 2.36. The van der Waals surface area contributed by atoms with Gasteiger partial charge in [0.25, 0.3) is 5.91 Å². The Bertz CT molecular complexity index is 857. The van der Waals surface area contributed by atoms with Crippen molar-refractivity contribution in [2.45, 2.75) is 37.9 Å². The fourth-order valence-corrected chi connectivity index (χ4v) is 3.58. The first kappa shape index (κ1) is 18.0. The molecule has 2 aliphatic rings. The maximum atomic E-state index is 13.1. The molecule has 0 bridgehead atoms. The third-order valence-electron chi connectivity index (χ3n) is 5.07. The number of benzene rings is 1. The van der Waals surface area contributed by atoms with Crippen LogP contribution in [0.1, 0.15) is 47.3 Å². The molecule has 0 radical (unpaired) electrons. The molecular formula is C19H21F3N4O. The van der Waals surface area contributed by atoms with Gasteiger partial charge in [-0.1, -0.05) is 6.07 Å². The molecule has 1 saturated carbocycles. The summed E-state index contributed by atoms with van der Waals surface area (Å²) in [6.45, 7) is 3.97. The zero-order valence-electron chi connectivity index (χ0n) is 15.0. The first-order chi connectivity index (χ1) is 12.8. The van der Waals surface area contributed by atoms with Crippen molar-refractivity contribution in [2.24, 2.45) is 0 Å². The molecule has 1 unspecified atom stereocenters. The van der Waals surface area contributed by atoms with Gasteiger partial charge in [-0.15, -0.1) is 0 Å². The molecule has 8 heteroatoms. The zero-order valence-corrected chi connectivity index (χ0v) is 15.0. The largest absolute Gasteiger partial charge is 0.416 e. The van der Waals surface area contributed by atoms with Crippen LogP contribution in [0.5, 0.6) is 0 Å². The number of piperazine rings is 1. The number of alkyl halides is 3. The van der Waals surface area contributed by atoms with Crippen LogP contribution in [-0.2, 0) is 6.18 Å². The second-order valence-corrected chi connectivity index (χ2v) is 7.28. The molecule has 1 aromatic carbocycles. The lowest BCUT2D eigenvalue weighted by Gasteiger charge is -2.32. The molecule has 1 aliphatic carbocycles. The molecule has 1 atom stereocenters. The number of hydrogen-bond acceptors (Lipinski definition) is 3. The van der Waals surface area contributed by atoms with Gasteiger partial charge in [-0.3, -0.25) is 4.79 Å². The molecule has 0 spiro atoms. The summed E-state index contributed by atoms with van der Waals surface area (Å²) in [5.74, 6) is 0.0739. The second kappa shape index (κ2) is 6.67. The molecule has 1 N–H and O–H groups in total. The normalized spacial score (nSPS) is 20.7. The standard InChI is InChI=1S/C19H21F3N4O/c1-12-11-25(8-7-23-12)18(27)16-10-24-26(17(16)13-5-6-13)15-4-2-3-14(9-15)19(20,21)22/h2-4,9-10,12-13,23H,5-8,11H2,1H3. The molecule has 1 amide bonds. The minimum absolute atomic E-state index is 0.0940. The Balaban J connectivity index is 1.71. The van der Waals surface area contributed by atoms with Crippen molar-refractivity contribution in [1.82, 2.24) is 20.0 Å². The van der Waals surface area contributed by atoms with E-state index in [1.54, 1.807) is 11.0 Å². The SMILES string of the molecule is CC1CN(C(=O)c2cnn(-c3cccc(C(F)(F)F)c3)c2C2CC2)CCN1. The highest BCUT2D eigenvalue weighted by Crippen LogP contribution is 2.43. The van der Waals surface area contributed by atoms with Gasteiger partial charge < -0.3 is 10.2 Å². The van der Waals surface area contributed by atoms with E-state index in [4.69, 9.17) is 0 Å². The number of carbonyl (C=O) groups excluding carboxylic acids is 1. The monoisotopic (exact) mass is 378 g/mol. The first-order valence-electron chi connectivity index (χ1n) is 9.13. The van der Waals surface area contributed by atoms with Gasteiger partial charge in [0.15, 0.2) is 0 Å². The van der Waals surface area contributed by atoms with Crippen LogP contribution in [0.25, 0.3) is 5.69 Å². The van der Waals surface area contributed by atoms with Crippen molar-refractivity contribution in [2.75, 3.05) is 19.6 Å². The van der Waals surface area contributed by atoms with Crippen LogP contribution >= 0.6 is 0 Å². The minimum Gasteiger partial charge on any atom is -0.336 e. The molecule has 27 heavy (non-hydrogen) atoms. The number of halogens is 3. The van der Waals surface area contributed by atoms with Crippen molar-refractivity contribution in [3.8, 4) is 5.69 Å². The Labute approximate surface area is 155 Å². The second-order valence-electron chi connectivity index (χ2n) is 7.28. The van der Waals surface area contributed by atoms with Crippen molar-refractivity contribution in [3.05, 3.63) is 47.3 Å². The Hall–Kier alpha value is -2.35. The number of amides is 1. The molecular weight excluding hydrogens is 357 g/mol. The van der Waals surface area contributed by atoms with Gasteiger partial charge in [0, 0.05) is 31.6 Å². The summed E-state index contributed by atoms with van der Waals surface area (Å²) < 4.78 is 40.7. The topological polar surface area (TPSA) is 50.2 Å². The molecule has 1 aromatic heterocycles. The molecule has 1 saturated heterocycles. The summed E-state index contributed by atoms with van der Waals surface area (Å²) in [6, 6.07) is 5.30. The maximum Gasteiger partial charge on any atom is 0.416 e. The van der Waals surface area contributed by atoms with Crippen LogP contribution in [0.4, 0.5) is 13.2 Å². The number of nitrogens with one attached hydrogen (secondary N) is 1. The predicted octanol–water partition coefficient (Wildman–Crippen LogP) is 3.20. The highest BCUT2D eigenvalue weighted by atomic mass is 19.4. The van der Waals surface area contributed by atoms with Gasteiger partial charge in [0.2, 0.25) is 0 Å². The van der Waals surface area contributed by atoms with E-state index in [0.717, 1.165) is 37.2 Å². The van der Waals surface area contributed by atoms with Crippen LogP contribution in [-0.4, -0.2) is 46.3 Å². The van der Waals surface area contributed by atoms with E-state index in [1.807, 2.05) is 6.92 Å². The van der Waals surface area contributed by atoms with Crippen molar-refractivity contribution >= 4 is 5.91 Å². The van der Waals surface area contributed by atoms with Gasteiger partial charge in [-0.2, -0.15) is 18.3 Å². The number of hydrogen-bond donors (Lipinski definition) is 1. The lowest BCUT2D eigenvalue weighted by atomic mass is 10.1. The Morgan fingerprint density at radius 3 is 2.74 bits per heavy atom. The van der Waals surface area contributed by atoms with E-state index in [0.29, 0.717) is 24.3 Å². The van der Waals surface area contributed by atoms with Gasteiger partial charge in [0.05, 0.1) is 28.7 Å². The summed E-state index contributed by atoms with van der Waals surface area (Å²) in [5.41, 5.74) is 0.843. The molecule has 1 aliphatic heterocycles. The molecule has 2 aromatic rings. The van der Waals surface area contributed by atoms with Crippen LogP contribution in [0.15, 0.2) is 30.5 Å². The van der Waals surface area contributed by atoms with E-state index in [9.17, 15) is 18.0 Å². The maximum absolute atomic E-state index is 13.1. The van der Waals surface area contributed by atoms with E-state index in [-0.39, 0.29) is 17.9 Å². The fraction of sp³-hybridized carbons (Fsp3) is 0.474. The number of rotatable bonds is 3. The van der Waals surface area contributed by atoms with E-state index in [2.05, 4.69) is 10.4 Å². The smallest absolute Gasteiger partial charge is 0.336 e. The van der Waals surface area contributed by atoms with Gasteiger partial charge in [0.1, 0.15) is 0 Å². The average molecular weight is 378 g/mol. The van der Waals surface area contributed by atoms with E-state index in [1.165, 1.54) is 16.9 Å². The zero-order chi connectivity index (χ0) is 19.2. The number of carbonyl (C=O) groups is 1. The highest BCUT2D eigenvalue weighted by molar-refractivity contribution is 5.95. The van der Waals surface area contributed by atoms with Gasteiger partial charge >= 0.3 is 6.18 Å². The van der Waals surface area contributed by atoms with Crippen LogP contribution in [0, 0.1) is 0 Å². The summed E-state index contributed by atoms with van der Waals surface area (Å²) in [6.07, 6.45) is -1.08. The van der Waals surface area contributed by atoms with Gasteiger partial charge in [-0.05, 0) is 38.0 Å². The average Bonchev–Trinajstić information content (AvgIpc) is 3.38. The lowest BCUT2D eigenvalue weighted by molar-refractivity contribution is -0.137. The lowest BCUT2D eigenvalue weighted by Crippen LogP contribution is -2.51. The number of nitrogens with zero attached hydrogens (tertiary/aromatic N) is 3. The Kier molecular flexibility index (Phi) is 4.46. The summed E-state index contributed by atoms with van der Waals surface area (Å²) in [5, 5.41) is 7.59. The van der Waals surface area contributed by atoms with E-state index >= 15 is 0 Å². The van der Waals surface area contributed by atoms with Crippen molar-refractivity contribution in [3.63, 3.8) is 0 Å². The van der Waals surface area contributed by atoms with Crippen molar-refractivity contribution < 1.29 is 18.0 Å². The van der Waals surface area contributed by atoms with Crippen LogP contribution in [0.2, 0.25) is 0 Å². The van der Waals surface area contributed by atoms with Gasteiger partial charge in [-0.25, -0.2) is 4.68 Å². The molecule has 2 fully saturated rings. The summed E-state index contributed by atoms with van der Waals surface area (Å²) >= 11 is 0. The van der Waals surface area contributed by atoms with Crippen LogP contribution < -0.4 is 5.32 Å². The number of aromatic nitrogens is 2. The van der Waals surface area contributed by atoms with E-state index < -0.39 is 11.7 Å². The van der Waals surface area contributed by atoms with Crippen molar-refractivity contribution in [1.29, 1.82) is 0 Å². The summed E-state index contributed by atoms with van der Waals surface area (Å²) in [4.78, 5) is 14.8. The Morgan fingerprint density at radius 2 is 2.07 bits per heavy atom. The quantitative estimate of drug-likeness (QED) is 0.892. The summed E-state index contributed by atoms with van der Waals surface area (Å²) in [7, 11) is 0. The van der Waals surface area contributed by atoms with Crippen LogP contribution in [0.3, 0.4) is 0 Å². The first-order valence-corrected chi connectivity index (χ1v) is 9.13. The molecule has 5 nitrogen and oxygen atoms in total. The third kappa shape index (κ3) is 3.58. The molecule has 144 valence electrons. The predicted molar refractivity (Wildman–Crippen MR) is 93.9 cm³/mol. The third-order valence-corrected chi connectivity index (χ3v) is 5.07. The molecule has 4 rings (SSSR count). The molecule has 2 heterocycles. The fourth-order valence-electron chi connectivity index (χ4n) is 3.58.